The Bertz CT molecular complexity index is 860. The van der Waals surface area contributed by atoms with Gasteiger partial charge in [-0.05, 0) is 53.5 Å². The van der Waals surface area contributed by atoms with Gasteiger partial charge >= 0.3 is 0 Å². The molecule has 0 spiro atoms. The summed E-state index contributed by atoms with van der Waals surface area (Å²) in [6.07, 6.45) is 3.80. The number of ether oxygens (including phenoxy) is 1. The molecule has 0 saturated heterocycles. The van der Waals surface area contributed by atoms with Crippen LogP contribution in [0.2, 0.25) is 15.7 Å². The Morgan fingerprint density at radius 2 is 1.64 bits per heavy atom. The summed E-state index contributed by atoms with van der Waals surface area (Å²) >= 11 is 16.5. The van der Waals surface area contributed by atoms with Gasteiger partial charge in [-0.25, -0.2) is 19.9 Å². The Labute approximate surface area is 158 Å². The largest absolute Gasteiger partial charge is 0.496 e. The van der Waals surface area contributed by atoms with Crippen molar-refractivity contribution in [2.24, 2.45) is 0 Å². The fraction of sp³-hybridized carbons (Fsp3) is 0.0625. The Morgan fingerprint density at radius 3 is 2.16 bits per heavy atom. The van der Waals surface area contributed by atoms with Crippen molar-refractivity contribution in [3.8, 4) is 17.0 Å². The van der Waals surface area contributed by atoms with Crippen LogP contribution >= 0.6 is 34.8 Å². The highest BCUT2D eigenvalue weighted by Gasteiger charge is 2.06. The molecule has 0 saturated carbocycles. The number of carbonyl (C=O) groups excluding carboxylic acids is 1. The monoisotopic (exact) mass is 396 g/mol. The van der Waals surface area contributed by atoms with Gasteiger partial charge in [-0.2, -0.15) is 0 Å². The number of rotatable bonds is 3. The lowest BCUT2D eigenvalue weighted by molar-refractivity contribution is 0.112. The van der Waals surface area contributed by atoms with E-state index in [2.05, 4.69) is 19.9 Å². The smallest absolute Gasteiger partial charge is 0.223 e. The normalized spacial score (nSPS) is 9.76. The molecule has 0 aliphatic heterocycles. The van der Waals surface area contributed by atoms with Gasteiger partial charge in [-0.3, -0.25) is 4.79 Å². The van der Waals surface area contributed by atoms with Crippen molar-refractivity contribution in [1.29, 1.82) is 0 Å². The first kappa shape index (κ1) is 19.1. The van der Waals surface area contributed by atoms with Crippen LogP contribution < -0.4 is 4.74 Å². The van der Waals surface area contributed by atoms with Gasteiger partial charge in [0.1, 0.15) is 10.9 Å². The maximum atomic E-state index is 10.9. The summed E-state index contributed by atoms with van der Waals surface area (Å²) in [7, 11) is 1.52. The zero-order valence-electron chi connectivity index (χ0n) is 12.9. The summed E-state index contributed by atoms with van der Waals surface area (Å²) in [5.74, 6) is 0.531. The molecule has 6 nitrogen and oxygen atoms in total. The van der Waals surface area contributed by atoms with Crippen molar-refractivity contribution in [2.75, 3.05) is 7.11 Å². The first-order valence-electron chi connectivity index (χ1n) is 6.79. The summed E-state index contributed by atoms with van der Waals surface area (Å²) in [5.41, 5.74) is 1.92. The number of aldehydes is 1. The maximum absolute atomic E-state index is 10.9. The zero-order valence-corrected chi connectivity index (χ0v) is 15.1. The molecule has 0 atom stereocenters. The zero-order chi connectivity index (χ0) is 18.2. The highest BCUT2D eigenvalue weighted by Crippen LogP contribution is 2.24. The molecule has 3 rings (SSSR count). The summed E-state index contributed by atoms with van der Waals surface area (Å²) in [6.45, 7) is 0. The first-order chi connectivity index (χ1) is 12.0. The van der Waals surface area contributed by atoms with E-state index in [1.54, 1.807) is 30.5 Å². The quantitative estimate of drug-likeness (QED) is 0.370. The van der Waals surface area contributed by atoms with Gasteiger partial charge in [0, 0.05) is 18.0 Å². The van der Waals surface area contributed by atoms with Crippen LogP contribution in [0.1, 0.15) is 10.4 Å². The van der Waals surface area contributed by atoms with Crippen LogP contribution in [-0.2, 0) is 0 Å². The fourth-order valence-electron chi connectivity index (χ4n) is 1.80. The van der Waals surface area contributed by atoms with E-state index < -0.39 is 0 Å². The van der Waals surface area contributed by atoms with Gasteiger partial charge in [0.2, 0.25) is 10.6 Å². The van der Waals surface area contributed by atoms with E-state index >= 15 is 0 Å². The summed E-state index contributed by atoms with van der Waals surface area (Å²) < 4.78 is 5.06. The Balaban J connectivity index is 0.000000236. The van der Waals surface area contributed by atoms with E-state index in [9.17, 15) is 4.79 Å². The number of nitrogens with zero attached hydrogens (tertiary/aromatic N) is 4. The van der Waals surface area contributed by atoms with Crippen LogP contribution in [-0.4, -0.2) is 33.3 Å². The third-order valence-corrected chi connectivity index (χ3v) is 3.45. The number of hydrogen-bond donors (Lipinski definition) is 0. The highest BCUT2D eigenvalue weighted by molar-refractivity contribution is 6.31. The molecule has 128 valence electrons. The average molecular weight is 398 g/mol. The minimum atomic E-state index is 0.172. The van der Waals surface area contributed by atoms with Crippen LogP contribution in [0, 0.1) is 0 Å². The van der Waals surface area contributed by atoms with Crippen LogP contribution in [0.15, 0.2) is 42.7 Å². The van der Waals surface area contributed by atoms with Crippen LogP contribution in [0.5, 0.6) is 5.75 Å². The van der Waals surface area contributed by atoms with Gasteiger partial charge in [-0.1, -0.05) is 11.6 Å². The van der Waals surface area contributed by atoms with Crippen molar-refractivity contribution < 1.29 is 9.53 Å². The van der Waals surface area contributed by atoms with Crippen molar-refractivity contribution in [3.63, 3.8) is 0 Å². The van der Waals surface area contributed by atoms with E-state index in [-0.39, 0.29) is 10.6 Å². The molecule has 0 bridgehead atoms. The minimum Gasteiger partial charge on any atom is -0.496 e. The van der Waals surface area contributed by atoms with Crippen molar-refractivity contribution in [3.05, 3.63) is 64.0 Å². The van der Waals surface area contributed by atoms with E-state index in [1.807, 2.05) is 6.07 Å². The molecule has 1 aromatic carbocycles. The predicted octanol–water partition coefficient (Wildman–Crippen LogP) is 4.40. The molecule has 2 aromatic heterocycles. The number of halogens is 3. The standard InChI is InChI=1S/C12H9ClN2O2.C4H2Cl2N2/c1-17-11-3-2-8(6-9(11)7-16)10-4-5-14-12(13)15-10;5-3-1-2-7-4(6)8-3/h2-7H,1H3;1-2H. The number of aromatic nitrogens is 4. The van der Waals surface area contributed by atoms with Crippen LogP contribution in [0.25, 0.3) is 11.3 Å². The Hall–Kier alpha value is -2.28. The summed E-state index contributed by atoms with van der Waals surface area (Å²) in [5, 5.41) is 0.716. The summed E-state index contributed by atoms with van der Waals surface area (Å²) in [4.78, 5) is 26.0. The lowest BCUT2D eigenvalue weighted by atomic mass is 10.1. The minimum absolute atomic E-state index is 0.172. The van der Waals surface area contributed by atoms with Crippen molar-refractivity contribution in [2.45, 2.75) is 0 Å². The Kier molecular flexibility index (Phi) is 7.06. The van der Waals surface area contributed by atoms with Crippen molar-refractivity contribution >= 4 is 41.1 Å². The van der Waals surface area contributed by atoms with Gasteiger partial charge < -0.3 is 4.74 Å². The molecule has 9 heteroatoms. The number of hydrogen-bond acceptors (Lipinski definition) is 6. The summed E-state index contributed by atoms with van der Waals surface area (Å²) in [6, 6.07) is 8.51. The lowest BCUT2D eigenvalue weighted by Crippen LogP contribution is -1.92. The second kappa shape index (κ2) is 9.27. The molecule has 3 aromatic rings. The van der Waals surface area contributed by atoms with E-state index in [0.29, 0.717) is 22.2 Å². The molecule has 2 heterocycles. The fourth-order valence-corrected chi connectivity index (χ4v) is 2.27. The number of methoxy groups -OCH3 is 1. The molecule has 0 unspecified atom stereocenters. The van der Waals surface area contributed by atoms with Crippen LogP contribution in [0.3, 0.4) is 0 Å². The van der Waals surface area contributed by atoms with Gasteiger partial charge in [0.15, 0.2) is 6.29 Å². The topological polar surface area (TPSA) is 77.9 Å². The molecule has 0 aliphatic rings. The number of carbonyl (C=O) groups is 1. The second-order valence-corrected chi connectivity index (χ2v) is 5.50. The van der Waals surface area contributed by atoms with Gasteiger partial charge in [0.05, 0.1) is 18.4 Å². The first-order valence-corrected chi connectivity index (χ1v) is 7.93. The van der Waals surface area contributed by atoms with E-state index in [1.165, 1.54) is 13.3 Å². The van der Waals surface area contributed by atoms with E-state index in [0.717, 1.165) is 11.8 Å². The molecule has 0 N–H and O–H groups in total. The van der Waals surface area contributed by atoms with Crippen molar-refractivity contribution in [1.82, 2.24) is 19.9 Å². The third-order valence-electron chi connectivity index (χ3n) is 2.87. The predicted molar refractivity (Wildman–Crippen MR) is 96.5 cm³/mol. The van der Waals surface area contributed by atoms with Gasteiger partial charge in [0.25, 0.3) is 0 Å². The SMILES string of the molecule is COc1ccc(-c2ccnc(Cl)n2)cc1C=O.Clc1ccnc(Cl)n1. The molecule has 0 fully saturated rings. The molecule has 0 aliphatic carbocycles. The highest BCUT2D eigenvalue weighted by atomic mass is 35.5. The molecule has 0 amide bonds. The lowest BCUT2D eigenvalue weighted by Gasteiger charge is -2.06. The molecule has 25 heavy (non-hydrogen) atoms. The van der Waals surface area contributed by atoms with Crippen LogP contribution in [0.4, 0.5) is 0 Å². The maximum Gasteiger partial charge on any atom is 0.223 e. The average Bonchev–Trinajstić information content (AvgIpc) is 2.61. The molecular formula is C16H11Cl3N4O2. The molecule has 0 radical (unpaired) electrons. The molecular weight excluding hydrogens is 387 g/mol. The number of benzene rings is 1. The van der Waals surface area contributed by atoms with E-state index in [4.69, 9.17) is 39.5 Å². The Morgan fingerprint density at radius 1 is 0.960 bits per heavy atom. The van der Waals surface area contributed by atoms with Gasteiger partial charge in [-0.15, -0.1) is 0 Å². The third kappa shape index (κ3) is 5.63. The second-order valence-electron chi connectivity index (χ2n) is 4.43.